The summed E-state index contributed by atoms with van der Waals surface area (Å²) in [6.07, 6.45) is 4.24. The molecule has 1 saturated carbocycles. The van der Waals surface area contributed by atoms with E-state index in [1.165, 1.54) is 0 Å². The Hall–Kier alpha value is -0.670. The van der Waals surface area contributed by atoms with Gasteiger partial charge in [-0.3, -0.25) is 4.79 Å². The number of halogens is 1. The topological polar surface area (TPSA) is 26.3 Å². The number of ketones is 1. The number of aryl methyl sites for hydroxylation is 1. The first kappa shape index (κ1) is 13.8. The minimum absolute atomic E-state index is 0.171. The number of carbonyl (C=O) groups excluding carboxylic acids is 1. The van der Waals surface area contributed by atoms with Crippen LogP contribution in [0.15, 0.2) is 22.7 Å². The standard InChI is InChI=1S/C15H19BrO2/c1-10-3-6-12(16)9-14(10)15(17)11-4-7-13(18-2)8-5-11/h3,6,9,11,13H,4-5,7-8H2,1-2H3. The van der Waals surface area contributed by atoms with Crippen molar-refractivity contribution in [3.8, 4) is 0 Å². The zero-order valence-electron chi connectivity index (χ0n) is 10.9. The van der Waals surface area contributed by atoms with Crippen LogP contribution in [0.5, 0.6) is 0 Å². The molecule has 0 heterocycles. The third-order valence-corrected chi connectivity index (χ3v) is 4.34. The van der Waals surface area contributed by atoms with Gasteiger partial charge in [0.2, 0.25) is 0 Å². The molecule has 0 unspecified atom stereocenters. The summed E-state index contributed by atoms with van der Waals surface area (Å²) < 4.78 is 6.32. The Balaban J connectivity index is 2.10. The van der Waals surface area contributed by atoms with Crippen LogP contribution in [0.25, 0.3) is 0 Å². The molecule has 2 nitrogen and oxygen atoms in total. The van der Waals surface area contributed by atoms with Gasteiger partial charge in [-0.25, -0.2) is 0 Å². The van der Waals surface area contributed by atoms with Crippen molar-refractivity contribution in [2.75, 3.05) is 7.11 Å². The molecule has 0 N–H and O–H groups in total. The van der Waals surface area contributed by atoms with E-state index in [0.717, 1.165) is 41.3 Å². The largest absolute Gasteiger partial charge is 0.381 e. The number of carbonyl (C=O) groups is 1. The lowest BCUT2D eigenvalue weighted by atomic mass is 9.82. The average Bonchev–Trinajstić information content (AvgIpc) is 2.41. The van der Waals surface area contributed by atoms with Crippen molar-refractivity contribution >= 4 is 21.7 Å². The van der Waals surface area contributed by atoms with Gasteiger partial charge in [0.05, 0.1) is 6.10 Å². The summed E-state index contributed by atoms with van der Waals surface area (Å²) in [7, 11) is 1.76. The van der Waals surface area contributed by atoms with Gasteiger partial charge >= 0.3 is 0 Å². The first-order chi connectivity index (χ1) is 8.61. The number of Topliss-reactive ketones (excluding diaryl/α,β-unsaturated/α-hetero) is 1. The van der Waals surface area contributed by atoms with Crippen molar-refractivity contribution in [1.82, 2.24) is 0 Å². The van der Waals surface area contributed by atoms with Gasteiger partial charge in [0.25, 0.3) is 0 Å². The summed E-state index contributed by atoms with van der Waals surface area (Å²) in [5.74, 6) is 0.466. The van der Waals surface area contributed by atoms with Crippen molar-refractivity contribution in [1.29, 1.82) is 0 Å². The normalized spacial score (nSPS) is 23.9. The molecule has 1 fully saturated rings. The number of rotatable bonds is 3. The van der Waals surface area contributed by atoms with Crippen molar-refractivity contribution in [3.63, 3.8) is 0 Å². The van der Waals surface area contributed by atoms with Crippen LogP contribution in [-0.4, -0.2) is 19.0 Å². The predicted molar refractivity (Wildman–Crippen MR) is 76.0 cm³/mol. The van der Waals surface area contributed by atoms with Crippen LogP contribution in [0, 0.1) is 12.8 Å². The van der Waals surface area contributed by atoms with Gasteiger partial charge in [-0.15, -0.1) is 0 Å². The molecule has 1 aromatic carbocycles. The third kappa shape index (κ3) is 3.01. The van der Waals surface area contributed by atoms with Crippen molar-refractivity contribution < 1.29 is 9.53 Å². The summed E-state index contributed by atoms with van der Waals surface area (Å²) in [5, 5.41) is 0. The number of ether oxygens (including phenoxy) is 1. The lowest BCUT2D eigenvalue weighted by Gasteiger charge is -2.27. The summed E-state index contributed by atoms with van der Waals surface area (Å²) in [6, 6.07) is 5.92. The fraction of sp³-hybridized carbons (Fsp3) is 0.533. The molecule has 3 heteroatoms. The Bertz CT molecular complexity index is 434. The zero-order valence-corrected chi connectivity index (χ0v) is 12.5. The molecule has 98 valence electrons. The third-order valence-electron chi connectivity index (χ3n) is 3.84. The van der Waals surface area contributed by atoms with E-state index in [2.05, 4.69) is 15.9 Å². The molecule has 0 spiro atoms. The Labute approximate surface area is 117 Å². The van der Waals surface area contributed by atoms with E-state index in [9.17, 15) is 4.79 Å². The predicted octanol–water partition coefficient (Wildman–Crippen LogP) is 4.15. The van der Waals surface area contributed by atoms with Crippen LogP contribution in [0.4, 0.5) is 0 Å². The van der Waals surface area contributed by atoms with Crippen molar-refractivity contribution in [2.24, 2.45) is 5.92 Å². The maximum Gasteiger partial charge on any atom is 0.166 e. The second kappa shape index (κ2) is 5.98. The van der Waals surface area contributed by atoms with Gasteiger partial charge < -0.3 is 4.74 Å². The first-order valence-electron chi connectivity index (χ1n) is 6.45. The van der Waals surface area contributed by atoms with Crippen molar-refractivity contribution in [2.45, 2.75) is 38.7 Å². The Morgan fingerprint density at radius 1 is 1.28 bits per heavy atom. The summed E-state index contributed by atoms with van der Waals surface area (Å²) in [5.41, 5.74) is 1.93. The molecule has 2 rings (SSSR count). The molecule has 0 bridgehead atoms. The number of methoxy groups -OCH3 is 1. The quantitative estimate of drug-likeness (QED) is 0.784. The minimum Gasteiger partial charge on any atom is -0.381 e. The second-order valence-electron chi connectivity index (χ2n) is 5.03. The first-order valence-corrected chi connectivity index (χ1v) is 7.24. The lowest BCUT2D eigenvalue weighted by molar-refractivity contribution is 0.0519. The van der Waals surface area contributed by atoms with Gasteiger partial charge in [-0.05, 0) is 50.3 Å². The molecule has 0 aliphatic heterocycles. The maximum atomic E-state index is 12.5. The Morgan fingerprint density at radius 3 is 2.56 bits per heavy atom. The van der Waals surface area contributed by atoms with E-state index in [-0.39, 0.29) is 5.92 Å². The fourth-order valence-corrected chi connectivity index (χ4v) is 3.00. The molecule has 0 saturated heterocycles. The lowest BCUT2D eigenvalue weighted by Crippen LogP contribution is -2.26. The zero-order chi connectivity index (χ0) is 13.1. The minimum atomic E-state index is 0.171. The van der Waals surface area contributed by atoms with Crippen LogP contribution in [0.2, 0.25) is 0 Å². The highest BCUT2D eigenvalue weighted by molar-refractivity contribution is 9.10. The van der Waals surface area contributed by atoms with Crippen molar-refractivity contribution in [3.05, 3.63) is 33.8 Å². The molecular formula is C15H19BrO2. The SMILES string of the molecule is COC1CCC(C(=O)c2cc(Br)ccc2C)CC1. The molecule has 1 aliphatic carbocycles. The van der Waals surface area contributed by atoms with E-state index in [1.807, 2.05) is 25.1 Å². The van der Waals surface area contributed by atoms with E-state index in [0.29, 0.717) is 11.9 Å². The van der Waals surface area contributed by atoms with Crippen LogP contribution in [-0.2, 0) is 4.74 Å². The molecule has 1 aliphatic rings. The van der Waals surface area contributed by atoms with Crippen LogP contribution in [0.1, 0.15) is 41.6 Å². The van der Waals surface area contributed by atoms with E-state index < -0.39 is 0 Å². The highest BCUT2D eigenvalue weighted by atomic mass is 79.9. The molecule has 18 heavy (non-hydrogen) atoms. The van der Waals surface area contributed by atoms with Gasteiger partial charge in [0.1, 0.15) is 0 Å². The monoisotopic (exact) mass is 310 g/mol. The molecular weight excluding hydrogens is 292 g/mol. The van der Waals surface area contributed by atoms with Gasteiger partial charge in [-0.2, -0.15) is 0 Å². The molecule has 0 atom stereocenters. The highest BCUT2D eigenvalue weighted by Crippen LogP contribution is 2.30. The van der Waals surface area contributed by atoms with Gasteiger partial charge in [-0.1, -0.05) is 22.0 Å². The van der Waals surface area contributed by atoms with E-state index in [1.54, 1.807) is 7.11 Å². The van der Waals surface area contributed by atoms with E-state index >= 15 is 0 Å². The molecule has 0 radical (unpaired) electrons. The second-order valence-corrected chi connectivity index (χ2v) is 5.95. The summed E-state index contributed by atoms with van der Waals surface area (Å²) in [4.78, 5) is 12.5. The highest BCUT2D eigenvalue weighted by Gasteiger charge is 2.27. The van der Waals surface area contributed by atoms with E-state index in [4.69, 9.17) is 4.74 Å². The number of hydrogen-bond donors (Lipinski definition) is 0. The molecule has 0 aromatic heterocycles. The Kier molecular flexibility index (Phi) is 4.57. The Morgan fingerprint density at radius 2 is 1.94 bits per heavy atom. The molecule has 0 amide bonds. The van der Waals surface area contributed by atoms with Gasteiger partial charge in [0.15, 0.2) is 5.78 Å². The van der Waals surface area contributed by atoms with Crippen LogP contribution < -0.4 is 0 Å². The number of benzene rings is 1. The summed E-state index contributed by atoms with van der Waals surface area (Å²) in [6.45, 7) is 2.00. The smallest absolute Gasteiger partial charge is 0.166 e. The van der Waals surface area contributed by atoms with Crippen LogP contribution >= 0.6 is 15.9 Å². The van der Waals surface area contributed by atoms with Crippen LogP contribution in [0.3, 0.4) is 0 Å². The van der Waals surface area contributed by atoms with Gasteiger partial charge in [0, 0.05) is 23.1 Å². The summed E-state index contributed by atoms with van der Waals surface area (Å²) >= 11 is 3.44. The average molecular weight is 311 g/mol. The maximum absolute atomic E-state index is 12.5. The molecule has 1 aromatic rings. The number of hydrogen-bond acceptors (Lipinski definition) is 2. The fourth-order valence-electron chi connectivity index (χ4n) is 2.64.